The van der Waals surface area contributed by atoms with Crippen LogP contribution in [0.2, 0.25) is 0 Å². The minimum atomic E-state index is 0.0805. The maximum Gasteiger partial charge on any atom is 0.212 e. The van der Waals surface area contributed by atoms with Gasteiger partial charge in [-0.1, -0.05) is 36.4 Å². The van der Waals surface area contributed by atoms with Gasteiger partial charge in [0.25, 0.3) is 0 Å². The Morgan fingerprint density at radius 3 is 1.40 bits per heavy atom. The Bertz CT molecular complexity index is 5580. The highest BCUT2D eigenvalue weighted by Crippen LogP contribution is 2.59. The number of aromatic nitrogens is 8. The van der Waals surface area contributed by atoms with E-state index in [9.17, 15) is 0 Å². The Labute approximate surface area is 660 Å². The van der Waals surface area contributed by atoms with Crippen LogP contribution >= 0.6 is 11.6 Å². The Morgan fingerprint density at radius 1 is 0.425 bits per heavy atom. The van der Waals surface area contributed by atoms with Crippen molar-refractivity contribution in [3.63, 3.8) is 0 Å². The molecular weight excluding hydrogens is 1450 g/mol. The van der Waals surface area contributed by atoms with Crippen molar-refractivity contribution in [2.75, 3.05) is 92.6 Å². The Hall–Kier alpha value is -11.4. The van der Waals surface area contributed by atoms with Crippen molar-refractivity contribution in [2.24, 2.45) is 0 Å². The maximum absolute atomic E-state index is 7.06. The standard InChI is InChI=1S/C44H45N7O5.C35H34N2O5.C9H12ClN5/c1-49-16-12-29-22-38(53-3)41-42-39(29)33(49)18-26-6-9-30(10-7-26)54-35-20-27(8-11-34(35)52-2)19-32-31-23-37(56-42)36(55-41)21-28(31)13-17-50(32)14-4-5-15-51-25-48-40-43(45)46-24-47-44(40)51;1-37-13-11-23-18-32(39-3)34-35-33(23)27(37)15-20-4-7-24(8-5-20)40-29-16-21(6-9-28(29)38-2)14-26-25-19-31(42-35)30(41-34)17-22(25)10-12-36-26;10-3-1-2-4-15-6-14-7-8(11)12-5-13-9(7)15/h6-11,20-25,32-33H,4-5,12-19H2,1-3H3,(H2,45,46,47);4-9,16-19,26-27,36H,10-15H2,1-3H3;5-6H,1-4H2,(H2,11,12,13)/t32-,33-;26-,27-;/m00./s1. The van der Waals surface area contributed by atoms with E-state index in [1.807, 2.05) is 35.2 Å². The highest BCUT2D eigenvalue weighted by Gasteiger charge is 2.40. The number of anilines is 2. The van der Waals surface area contributed by atoms with Crippen LogP contribution in [-0.4, -0.2) is 135 Å². The molecule has 24 nitrogen and oxygen atoms in total. The average Bonchev–Trinajstić information content (AvgIpc) is 1.38. The third-order valence-electron chi connectivity index (χ3n) is 23.4. The van der Waals surface area contributed by atoms with Gasteiger partial charge in [0.1, 0.15) is 35.2 Å². The van der Waals surface area contributed by atoms with E-state index in [-0.39, 0.29) is 24.2 Å². The first-order valence-corrected chi connectivity index (χ1v) is 39.5. The predicted octanol–water partition coefficient (Wildman–Crippen LogP) is 16.2. The molecule has 10 aliphatic rings. The van der Waals surface area contributed by atoms with Gasteiger partial charge in [-0.25, -0.2) is 29.9 Å². The number of rotatable bonds is 13. The van der Waals surface area contributed by atoms with E-state index in [2.05, 4.69) is 166 Å². The van der Waals surface area contributed by atoms with Crippen LogP contribution in [0.1, 0.15) is 117 Å². The van der Waals surface area contributed by atoms with Crippen molar-refractivity contribution >= 4 is 45.6 Å². The lowest BCUT2D eigenvalue weighted by molar-refractivity contribution is 0.178. The smallest absolute Gasteiger partial charge is 0.212 e. The predicted molar refractivity (Wildman–Crippen MR) is 432 cm³/mol. The number of nitrogens with one attached hydrogen (secondary N) is 1. The van der Waals surface area contributed by atoms with Gasteiger partial charge in [0.15, 0.2) is 91.9 Å². The number of halogens is 1. The number of fused-ring (bicyclic) bond motifs is 6. The third-order valence-corrected chi connectivity index (χ3v) is 23.7. The van der Waals surface area contributed by atoms with E-state index >= 15 is 0 Å². The number of nitrogens with two attached hydrogens (primary N) is 2. The van der Waals surface area contributed by atoms with Gasteiger partial charge in [0.2, 0.25) is 11.5 Å². The third kappa shape index (κ3) is 14.3. The molecule has 113 heavy (non-hydrogen) atoms. The number of alkyl halides is 1. The SMILES string of the molecule is COc1ccc2cc1Oc1ccc(cc1)C[C@H]1c3c(cc(OC)c4c3Oc3cc5c(cc3O4)CCN(CCCCn3cnc4c(N)ncnc43)[C@H]5C2)CCN1C.COc1ccc2cc1Oc1ccc(cc1)C[C@H]1c3c(cc(OC)c4c3Oc3cc5c(cc3O4)CCN[C@H]5C2)CCN1C.Nc1ncnc2c1ncn2CCCCCl. The lowest BCUT2D eigenvalue weighted by atomic mass is 9.86. The molecule has 14 heterocycles. The second-order valence-corrected chi connectivity index (χ2v) is 30.6. The van der Waals surface area contributed by atoms with E-state index in [0.29, 0.717) is 74.5 Å². The number of methoxy groups -OCH3 is 4. The maximum atomic E-state index is 7.06. The van der Waals surface area contributed by atoms with Gasteiger partial charge in [-0.2, -0.15) is 0 Å². The summed E-state index contributed by atoms with van der Waals surface area (Å²) in [6.07, 6.45) is 17.3. The van der Waals surface area contributed by atoms with Gasteiger partial charge in [0, 0.05) is 73.9 Å². The molecule has 580 valence electrons. The lowest BCUT2D eigenvalue weighted by Gasteiger charge is -2.40. The van der Waals surface area contributed by atoms with Crippen molar-refractivity contribution in [3.8, 4) is 92.0 Å². The Balaban J connectivity index is 0.000000136. The summed E-state index contributed by atoms with van der Waals surface area (Å²) in [6, 6.07) is 42.8. The van der Waals surface area contributed by atoms with Gasteiger partial charge in [0.05, 0.1) is 41.1 Å². The van der Waals surface area contributed by atoms with Gasteiger partial charge < -0.3 is 73.3 Å². The average molecular weight is 1540 g/mol. The van der Waals surface area contributed by atoms with Crippen LogP contribution in [0.5, 0.6) is 92.0 Å². The van der Waals surface area contributed by atoms with Gasteiger partial charge in [-0.3, -0.25) is 14.7 Å². The van der Waals surface area contributed by atoms with Crippen molar-refractivity contribution in [1.29, 1.82) is 0 Å². The summed E-state index contributed by atoms with van der Waals surface area (Å²) in [5.41, 5.74) is 29.2. The lowest BCUT2D eigenvalue weighted by Crippen LogP contribution is -2.37. The number of nitrogens with zero attached hydrogens (tertiary/aromatic N) is 11. The fourth-order valence-electron chi connectivity index (χ4n) is 17.4. The molecule has 10 aliphatic heterocycles. The molecule has 0 spiro atoms. The van der Waals surface area contributed by atoms with E-state index in [1.165, 1.54) is 68.3 Å². The summed E-state index contributed by atoms with van der Waals surface area (Å²) in [4.78, 5) is 32.7. The molecule has 4 aromatic heterocycles. The molecule has 8 aromatic carbocycles. The number of nitrogen functional groups attached to an aromatic ring is 2. The molecule has 5 N–H and O–H groups in total. The number of hydrogen-bond acceptors (Lipinski definition) is 22. The minimum Gasteiger partial charge on any atom is -0.493 e. The monoisotopic (exact) mass is 1540 g/mol. The van der Waals surface area contributed by atoms with E-state index in [4.69, 9.17) is 70.4 Å². The van der Waals surface area contributed by atoms with Crippen LogP contribution < -0.4 is 64.2 Å². The molecule has 14 bridgehead atoms. The topological polar surface area (TPSA) is 253 Å². The highest BCUT2D eigenvalue weighted by molar-refractivity contribution is 6.17. The van der Waals surface area contributed by atoms with Crippen LogP contribution in [0.15, 0.2) is 147 Å². The number of ether oxygens (including phenoxy) is 10. The number of imidazole rings is 2. The van der Waals surface area contributed by atoms with Crippen molar-refractivity contribution in [3.05, 3.63) is 213 Å². The summed E-state index contributed by atoms with van der Waals surface area (Å²) in [6.45, 7) is 6.28. The summed E-state index contributed by atoms with van der Waals surface area (Å²) in [5.74, 6) is 13.1. The normalized spacial score (nSPS) is 18.1. The summed E-state index contributed by atoms with van der Waals surface area (Å²) in [7, 11) is 11.2. The molecule has 0 unspecified atom stereocenters. The van der Waals surface area contributed by atoms with E-state index in [0.717, 1.165) is 191 Å². The van der Waals surface area contributed by atoms with Gasteiger partial charge in [-0.05, 0) is 245 Å². The van der Waals surface area contributed by atoms with Crippen LogP contribution in [0.4, 0.5) is 11.6 Å². The zero-order valence-electron chi connectivity index (χ0n) is 64.3. The van der Waals surface area contributed by atoms with Crippen LogP contribution in [0.25, 0.3) is 22.3 Å². The molecule has 0 amide bonds. The van der Waals surface area contributed by atoms with Crippen LogP contribution in [0, 0.1) is 0 Å². The zero-order chi connectivity index (χ0) is 77.0. The van der Waals surface area contributed by atoms with Crippen LogP contribution in [-0.2, 0) is 64.5 Å². The zero-order valence-corrected chi connectivity index (χ0v) is 65.1. The fraction of sp³-hybridized carbons (Fsp3) is 0.341. The largest absolute Gasteiger partial charge is 0.493 e. The van der Waals surface area contributed by atoms with Crippen molar-refractivity contribution in [1.82, 2.24) is 59.1 Å². The van der Waals surface area contributed by atoms with E-state index < -0.39 is 0 Å². The Kier molecular flexibility index (Phi) is 20.2. The molecule has 0 radical (unpaired) electrons. The second-order valence-electron chi connectivity index (χ2n) is 30.2. The highest BCUT2D eigenvalue weighted by atomic mass is 35.5. The molecule has 25 heteroatoms. The first-order valence-electron chi connectivity index (χ1n) is 39.0. The van der Waals surface area contributed by atoms with Gasteiger partial charge in [-0.15, -0.1) is 11.6 Å². The van der Waals surface area contributed by atoms with Crippen LogP contribution in [0.3, 0.4) is 0 Å². The first kappa shape index (κ1) is 73.1. The quantitative estimate of drug-likeness (QED) is 0.0716. The molecule has 0 saturated carbocycles. The number of unbranched alkanes of at least 4 members (excludes halogenated alkanes) is 2. The number of aryl methyl sites for hydroxylation is 2. The summed E-state index contributed by atoms with van der Waals surface area (Å²) >= 11 is 5.61. The molecular formula is C88H91ClN14O10. The van der Waals surface area contributed by atoms with Gasteiger partial charge >= 0.3 is 0 Å². The number of benzene rings is 8. The van der Waals surface area contributed by atoms with E-state index in [1.54, 1.807) is 34.8 Å². The molecule has 22 rings (SSSR count). The second kappa shape index (κ2) is 31.3. The van der Waals surface area contributed by atoms with Crippen molar-refractivity contribution in [2.45, 2.75) is 114 Å². The summed E-state index contributed by atoms with van der Waals surface area (Å²) in [5, 5.41) is 3.74. The molecule has 12 aromatic rings. The van der Waals surface area contributed by atoms with Crippen molar-refractivity contribution < 1.29 is 47.4 Å². The fourth-order valence-corrected chi connectivity index (χ4v) is 17.6. The Morgan fingerprint density at radius 2 is 0.876 bits per heavy atom. The molecule has 4 atom stereocenters. The first-order chi connectivity index (χ1) is 55.3. The number of hydrogen-bond donors (Lipinski definition) is 3. The minimum absolute atomic E-state index is 0.0805. The molecule has 0 saturated heterocycles. The molecule has 0 aliphatic carbocycles. The number of likely N-dealkylation sites (N-methyl/N-ethyl adjacent to an activating group) is 2. The summed E-state index contributed by atoms with van der Waals surface area (Å²) < 4.78 is 67.6. The molecule has 0 fully saturated rings.